The molecule has 0 aliphatic rings. The fourth-order valence-electron chi connectivity index (χ4n) is 1.80. The van der Waals surface area contributed by atoms with Crippen molar-refractivity contribution in [3.63, 3.8) is 0 Å². The van der Waals surface area contributed by atoms with E-state index in [1.54, 1.807) is 19.0 Å². The van der Waals surface area contributed by atoms with Gasteiger partial charge in [0.25, 0.3) is 0 Å². The summed E-state index contributed by atoms with van der Waals surface area (Å²) in [6, 6.07) is 10.3. The molecule has 0 fully saturated rings. The Morgan fingerprint density at radius 2 is 1.86 bits per heavy atom. The van der Waals surface area contributed by atoms with E-state index in [0.717, 1.165) is 25.5 Å². The predicted octanol–water partition coefficient (Wildman–Crippen LogP) is 1.88. The number of amides is 1. The van der Waals surface area contributed by atoms with E-state index in [-0.39, 0.29) is 29.9 Å². The molecule has 0 unspecified atom stereocenters. The Balaban J connectivity index is 0.00000441. The minimum absolute atomic E-state index is 0. The number of guanidine groups is 1. The Hall–Kier alpha value is -1.31. The molecule has 0 aromatic heterocycles. The number of carbonyl (C=O) groups is 1. The first-order chi connectivity index (χ1) is 10.1. The highest BCUT2D eigenvalue weighted by molar-refractivity contribution is 14.0. The van der Waals surface area contributed by atoms with E-state index in [1.165, 1.54) is 5.56 Å². The van der Waals surface area contributed by atoms with Crippen LogP contribution in [0.15, 0.2) is 35.3 Å². The fourth-order valence-corrected chi connectivity index (χ4v) is 1.80. The van der Waals surface area contributed by atoms with E-state index >= 15 is 0 Å². The zero-order valence-electron chi connectivity index (χ0n) is 13.6. The smallest absolute Gasteiger partial charge is 0.223 e. The van der Waals surface area contributed by atoms with Crippen LogP contribution in [0.25, 0.3) is 0 Å². The first-order valence-corrected chi connectivity index (χ1v) is 7.39. The molecule has 22 heavy (non-hydrogen) atoms. The molecule has 0 atom stereocenters. The molecule has 1 aromatic rings. The van der Waals surface area contributed by atoms with E-state index in [9.17, 15) is 4.79 Å². The lowest BCUT2D eigenvalue weighted by Gasteiger charge is -2.12. The molecule has 0 heterocycles. The summed E-state index contributed by atoms with van der Waals surface area (Å²) in [5.74, 6) is 0.860. The van der Waals surface area contributed by atoms with Crippen LogP contribution in [0, 0.1) is 0 Å². The van der Waals surface area contributed by atoms with Gasteiger partial charge in [0.2, 0.25) is 5.91 Å². The van der Waals surface area contributed by atoms with Gasteiger partial charge in [-0.2, -0.15) is 0 Å². The molecule has 0 aliphatic heterocycles. The van der Waals surface area contributed by atoms with Crippen LogP contribution in [0.1, 0.15) is 18.9 Å². The van der Waals surface area contributed by atoms with E-state index in [0.29, 0.717) is 13.0 Å². The lowest BCUT2D eigenvalue weighted by atomic mass is 10.1. The second kappa shape index (κ2) is 12.3. The third-order valence-corrected chi connectivity index (χ3v) is 2.99. The molecule has 1 rings (SSSR count). The summed E-state index contributed by atoms with van der Waals surface area (Å²) in [5, 5.41) is 6.47. The van der Waals surface area contributed by atoms with Crippen molar-refractivity contribution in [2.24, 2.45) is 4.99 Å². The molecule has 0 spiro atoms. The number of rotatable bonds is 7. The number of benzene rings is 1. The van der Waals surface area contributed by atoms with Crippen molar-refractivity contribution in [1.29, 1.82) is 0 Å². The fraction of sp³-hybridized carbons (Fsp3) is 0.500. The summed E-state index contributed by atoms with van der Waals surface area (Å²) in [4.78, 5) is 17.5. The zero-order valence-corrected chi connectivity index (χ0v) is 16.0. The maximum absolute atomic E-state index is 11.5. The van der Waals surface area contributed by atoms with Crippen molar-refractivity contribution in [1.82, 2.24) is 15.5 Å². The molecule has 0 saturated heterocycles. The normalized spacial score (nSPS) is 10.6. The molecule has 6 heteroatoms. The van der Waals surface area contributed by atoms with E-state index in [2.05, 4.69) is 27.8 Å². The molecule has 0 bridgehead atoms. The molecule has 2 N–H and O–H groups in total. The van der Waals surface area contributed by atoms with E-state index in [4.69, 9.17) is 0 Å². The number of halogens is 1. The molecule has 124 valence electrons. The van der Waals surface area contributed by atoms with Crippen molar-refractivity contribution in [2.75, 3.05) is 33.7 Å². The van der Waals surface area contributed by atoms with Gasteiger partial charge >= 0.3 is 0 Å². The highest BCUT2D eigenvalue weighted by Gasteiger charge is 2.03. The average Bonchev–Trinajstić information content (AvgIpc) is 2.48. The number of hydrogen-bond donors (Lipinski definition) is 2. The average molecular weight is 418 g/mol. The van der Waals surface area contributed by atoms with Crippen molar-refractivity contribution in [2.45, 2.75) is 19.8 Å². The third-order valence-electron chi connectivity index (χ3n) is 2.99. The van der Waals surface area contributed by atoms with Crippen LogP contribution >= 0.6 is 24.0 Å². The summed E-state index contributed by atoms with van der Waals surface area (Å²) in [6.07, 6.45) is 1.38. The summed E-state index contributed by atoms with van der Waals surface area (Å²) in [6.45, 7) is 4.15. The maximum atomic E-state index is 11.5. The van der Waals surface area contributed by atoms with Crippen molar-refractivity contribution in [3.8, 4) is 0 Å². The second-order valence-corrected chi connectivity index (χ2v) is 4.96. The van der Waals surface area contributed by atoms with Crippen LogP contribution in [-0.2, 0) is 11.2 Å². The van der Waals surface area contributed by atoms with Crippen LogP contribution < -0.4 is 10.6 Å². The van der Waals surface area contributed by atoms with Gasteiger partial charge in [0.15, 0.2) is 5.96 Å². The van der Waals surface area contributed by atoms with E-state index in [1.807, 2.05) is 25.1 Å². The van der Waals surface area contributed by atoms with Gasteiger partial charge in [0.05, 0.1) is 6.54 Å². The molecule has 0 saturated carbocycles. The first kappa shape index (κ1) is 20.7. The minimum atomic E-state index is 0. The predicted molar refractivity (Wildman–Crippen MR) is 103 cm³/mol. The number of hydrogen-bond acceptors (Lipinski definition) is 2. The number of carbonyl (C=O) groups excluding carboxylic acids is 1. The number of nitrogens with one attached hydrogen (secondary N) is 2. The Morgan fingerprint density at radius 1 is 1.18 bits per heavy atom. The third kappa shape index (κ3) is 8.86. The SMILES string of the molecule is CCNC(=NCCC(=O)N(C)C)NCCc1ccccc1.I. The van der Waals surface area contributed by atoms with Gasteiger partial charge in [-0.1, -0.05) is 30.3 Å². The Morgan fingerprint density at radius 3 is 2.45 bits per heavy atom. The quantitative estimate of drug-likeness (QED) is 0.404. The highest BCUT2D eigenvalue weighted by atomic mass is 127. The molecular weight excluding hydrogens is 391 g/mol. The van der Waals surface area contributed by atoms with Gasteiger partial charge in [0, 0.05) is 33.6 Å². The second-order valence-electron chi connectivity index (χ2n) is 4.96. The minimum Gasteiger partial charge on any atom is -0.357 e. The van der Waals surface area contributed by atoms with Gasteiger partial charge in [0.1, 0.15) is 0 Å². The van der Waals surface area contributed by atoms with Crippen LogP contribution in [0.3, 0.4) is 0 Å². The lowest BCUT2D eigenvalue weighted by molar-refractivity contribution is -0.128. The van der Waals surface area contributed by atoms with Gasteiger partial charge in [-0.05, 0) is 18.9 Å². The lowest BCUT2D eigenvalue weighted by Crippen LogP contribution is -2.38. The van der Waals surface area contributed by atoms with Gasteiger partial charge in [-0.15, -0.1) is 24.0 Å². The molecule has 1 amide bonds. The summed E-state index contributed by atoms with van der Waals surface area (Å²) in [7, 11) is 3.52. The van der Waals surface area contributed by atoms with Gasteiger partial charge < -0.3 is 15.5 Å². The summed E-state index contributed by atoms with van der Waals surface area (Å²) in [5.41, 5.74) is 1.30. The van der Waals surface area contributed by atoms with Gasteiger partial charge in [-0.3, -0.25) is 9.79 Å². The Kier molecular flexibility index (Phi) is 11.5. The summed E-state index contributed by atoms with van der Waals surface area (Å²) < 4.78 is 0. The van der Waals surface area contributed by atoms with Crippen LogP contribution in [0.4, 0.5) is 0 Å². The molecule has 0 radical (unpaired) electrons. The standard InChI is InChI=1S/C16H26N4O.HI/c1-4-17-16(19-13-11-15(21)20(2)3)18-12-10-14-8-6-5-7-9-14;/h5-9H,4,10-13H2,1-3H3,(H2,17,18,19);1H. The van der Waals surface area contributed by atoms with Crippen molar-refractivity contribution >= 4 is 35.8 Å². The summed E-state index contributed by atoms with van der Waals surface area (Å²) >= 11 is 0. The first-order valence-electron chi connectivity index (χ1n) is 7.39. The molecule has 0 aliphatic carbocycles. The van der Waals surface area contributed by atoms with Gasteiger partial charge in [-0.25, -0.2) is 0 Å². The van der Waals surface area contributed by atoms with Crippen LogP contribution in [-0.4, -0.2) is 50.5 Å². The van der Waals surface area contributed by atoms with Crippen molar-refractivity contribution in [3.05, 3.63) is 35.9 Å². The largest absolute Gasteiger partial charge is 0.357 e. The number of aliphatic imine (C=N–C) groups is 1. The molecular formula is C16H27IN4O. The Labute approximate surface area is 150 Å². The van der Waals surface area contributed by atoms with Crippen molar-refractivity contribution < 1.29 is 4.79 Å². The highest BCUT2D eigenvalue weighted by Crippen LogP contribution is 1.98. The van der Waals surface area contributed by atoms with Crippen LogP contribution in [0.5, 0.6) is 0 Å². The molecule has 5 nitrogen and oxygen atoms in total. The maximum Gasteiger partial charge on any atom is 0.223 e. The topological polar surface area (TPSA) is 56.7 Å². The van der Waals surface area contributed by atoms with Crippen LogP contribution in [0.2, 0.25) is 0 Å². The molecule has 1 aromatic carbocycles. The monoisotopic (exact) mass is 418 g/mol. The number of nitrogens with zero attached hydrogens (tertiary/aromatic N) is 2. The van der Waals surface area contributed by atoms with E-state index < -0.39 is 0 Å². The Bertz CT molecular complexity index is 449. The zero-order chi connectivity index (χ0) is 15.5.